The Morgan fingerprint density at radius 2 is 1.66 bits per heavy atom. The van der Waals surface area contributed by atoms with E-state index in [0.29, 0.717) is 49.7 Å². The highest BCUT2D eigenvalue weighted by Crippen LogP contribution is 2.40. The number of hydrogen-bond acceptors (Lipinski definition) is 14. The van der Waals surface area contributed by atoms with Crippen LogP contribution in [-0.2, 0) is 14.4 Å². The Morgan fingerprint density at radius 1 is 0.903 bits per heavy atom. The lowest BCUT2D eigenvalue weighted by Gasteiger charge is -2.38. The van der Waals surface area contributed by atoms with Gasteiger partial charge in [0.2, 0.25) is 17.8 Å². The number of methoxy groups -OCH3 is 1. The molecule has 0 bridgehead atoms. The summed E-state index contributed by atoms with van der Waals surface area (Å²) in [5, 5.41) is 7.21. The molecule has 20 heteroatoms. The van der Waals surface area contributed by atoms with Gasteiger partial charge in [0.05, 0.1) is 36.7 Å². The van der Waals surface area contributed by atoms with Gasteiger partial charge in [-0.05, 0) is 62.1 Å². The molecule has 1 saturated carbocycles. The van der Waals surface area contributed by atoms with Crippen LogP contribution in [0, 0.1) is 0 Å². The number of alkyl halides is 2. The van der Waals surface area contributed by atoms with Crippen LogP contribution in [0.5, 0.6) is 5.75 Å². The Labute approximate surface area is 355 Å². The van der Waals surface area contributed by atoms with Crippen LogP contribution in [0.2, 0.25) is 0 Å². The average Bonchev–Trinajstić information content (AvgIpc) is 4.03. The first-order valence-electron chi connectivity index (χ1n) is 20.9. The van der Waals surface area contributed by atoms with Crippen LogP contribution in [0.1, 0.15) is 76.0 Å². The van der Waals surface area contributed by atoms with Crippen molar-refractivity contribution in [2.24, 2.45) is 0 Å². The molecule has 2 aromatic carbocycles. The predicted molar refractivity (Wildman–Crippen MR) is 221 cm³/mol. The normalized spacial score (nSPS) is 23.4. The molecule has 62 heavy (non-hydrogen) atoms. The SMILES string of the molecule is COc1cc(C(=O)NN2CCN(C3CCN(c4ccc5c(c4)C(=O)N(C4CCC(=O)NC4=O)C5=O)C3)CC2)ccc1Nc1ncc2c(n1)N(C1CCCC1)CC(F)(F)C(=O)N2C. The second-order valence-corrected chi connectivity index (χ2v) is 16.6. The fourth-order valence-electron chi connectivity index (χ4n) is 9.50. The first kappa shape index (κ1) is 41.1. The van der Waals surface area contributed by atoms with Gasteiger partial charge in [0.1, 0.15) is 17.5 Å². The monoisotopic (exact) mass is 855 g/mol. The lowest BCUT2D eigenvalue weighted by atomic mass is 10.0. The minimum atomic E-state index is -3.59. The average molecular weight is 856 g/mol. The molecule has 2 atom stereocenters. The highest BCUT2D eigenvalue weighted by Gasteiger charge is 2.49. The molecule has 9 rings (SSSR count). The van der Waals surface area contributed by atoms with Crippen molar-refractivity contribution >= 4 is 64.3 Å². The van der Waals surface area contributed by atoms with Gasteiger partial charge >= 0.3 is 5.92 Å². The first-order chi connectivity index (χ1) is 29.8. The largest absolute Gasteiger partial charge is 0.495 e. The number of halogens is 2. The number of ether oxygens (including phenoxy) is 1. The number of hydrazine groups is 1. The number of piperidine rings is 1. The third kappa shape index (κ3) is 7.54. The molecule has 4 fully saturated rings. The zero-order valence-electron chi connectivity index (χ0n) is 34.4. The van der Waals surface area contributed by atoms with E-state index < -0.39 is 48.0 Å². The van der Waals surface area contributed by atoms with E-state index in [1.54, 1.807) is 30.3 Å². The number of anilines is 5. The maximum absolute atomic E-state index is 15.1. The number of hydrogen-bond donors (Lipinski definition) is 3. The van der Waals surface area contributed by atoms with E-state index in [2.05, 4.69) is 35.8 Å². The van der Waals surface area contributed by atoms with Crippen molar-refractivity contribution in [2.45, 2.75) is 69.0 Å². The molecule has 2 unspecified atom stereocenters. The molecule has 6 aliphatic rings. The molecule has 3 saturated heterocycles. The van der Waals surface area contributed by atoms with Crippen LogP contribution >= 0.6 is 0 Å². The van der Waals surface area contributed by atoms with Gasteiger partial charge < -0.3 is 24.8 Å². The number of piperazine rings is 1. The number of aromatic nitrogens is 2. The summed E-state index contributed by atoms with van der Waals surface area (Å²) >= 11 is 0. The Kier molecular flexibility index (Phi) is 10.7. The van der Waals surface area contributed by atoms with Crippen molar-refractivity contribution in [1.82, 2.24) is 35.5 Å². The van der Waals surface area contributed by atoms with Crippen molar-refractivity contribution in [3.63, 3.8) is 0 Å². The van der Waals surface area contributed by atoms with Gasteiger partial charge in [-0.3, -0.25) is 49.3 Å². The van der Waals surface area contributed by atoms with Crippen molar-refractivity contribution in [2.75, 3.05) is 80.0 Å². The molecular formula is C42H47F2N11O7. The summed E-state index contributed by atoms with van der Waals surface area (Å²) in [7, 11) is 2.77. The zero-order chi connectivity index (χ0) is 43.4. The number of nitrogens with zero attached hydrogens (tertiary/aromatic N) is 8. The maximum Gasteiger partial charge on any atom is 0.342 e. The number of nitrogens with one attached hydrogen (secondary N) is 3. The van der Waals surface area contributed by atoms with Crippen molar-refractivity contribution < 1.29 is 42.3 Å². The first-order valence-corrected chi connectivity index (χ1v) is 20.9. The van der Waals surface area contributed by atoms with E-state index >= 15 is 8.78 Å². The smallest absolute Gasteiger partial charge is 0.342 e. The molecule has 1 aromatic heterocycles. The highest BCUT2D eigenvalue weighted by atomic mass is 19.3. The summed E-state index contributed by atoms with van der Waals surface area (Å²) in [5.74, 6) is -6.64. The number of fused-ring (bicyclic) bond motifs is 2. The van der Waals surface area contributed by atoms with Gasteiger partial charge in [-0.15, -0.1) is 0 Å². The highest BCUT2D eigenvalue weighted by molar-refractivity contribution is 6.23. The molecule has 6 heterocycles. The van der Waals surface area contributed by atoms with Gasteiger partial charge in [0.25, 0.3) is 23.6 Å². The number of rotatable bonds is 9. The fourth-order valence-corrected chi connectivity index (χ4v) is 9.50. The number of carbonyl (C=O) groups excluding carboxylic acids is 6. The summed E-state index contributed by atoms with van der Waals surface area (Å²) in [5.41, 5.74) is 5.32. The van der Waals surface area contributed by atoms with Crippen molar-refractivity contribution in [1.29, 1.82) is 0 Å². The van der Waals surface area contributed by atoms with Crippen LogP contribution in [0.3, 0.4) is 0 Å². The molecule has 0 radical (unpaired) electrons. The summed E-state index contributed by atoms with van der Waals surface area (Å²) in [6.07, 6.45) is 5.66. The van der Waals surface area contributed by atoms with Crippen LogP contribution in [0.4, 0.5) is 37.6 Å². The molecule has 3 aromatic rings. The van der Waals surface area contributed by atoms with Crippen molar-refractivity contribution in [3.8, 4) is 5.75 Å². The Hall–Kier alpha value is -6.28. The van der Waals surface area contributed by atoms with Gasteiger partial charge in [-0.2, -0.15) is 13.8 Å². The van der Waals surface area contributed by atoms with Crippen LogP contribution in [-0.4, -0.2) is 144 Å². The molecule has 1 aliphatic carbocycles. The third-order valence-corrected chi connectivity index (χ3v) is 12.9. The molecule has 6 amide bonds. The molecule has 18 nitrogen and oxygen atoms in total. The number of amides is 6. The van der Waals surface area contributed by atoms with Gasteiger partial charge in [0, 0.05) is 76.1 Å². The van der Waals surface area contributed by atoms with E-state index in [-0.39, 0.29) is 59.4 Å². The molecule has 0 spiro atoms. The quantitative estimate of drug-likeness (QED) is 0.266. The predicted octanol–water partition coefficient (Wildman–Crippen LogP) is 2.53. The second-order valence-electron chi connectivity index (χ2n) is 16.6. The molecule has 326 valence electrons. The summed E-state index contributed by atoms with van der Waals surface area (Å²) in [6.45, 7) is 3.30. The minimum absolute atomic E-state index is 0.0585. The Bertz CT molecular complexity index is 2350. The standard InChI is InChI=1S/C42H47F2N11O7/c1-50-32-21-45-41(48-35(32)54(25-5-3-4-6-25)23-42(43,44)40(50)61)46-30-10-7-24(19-33(30)62-2)36(57)49-53-17-15-51(16-18-53)27-13-14-52(22-27)26-8-9-28-29(20-26)39(60)55(38(28)59)31-11-12-34(56)47-37(31)58/h7-10,19-21,25,27,31H,3-6,11-18,22-23H2,1-2H3,(H,49,57)(H,45,46,48)(H,47,56,58). The van der Waals surface area contributed by atoms with E-state index in [1.807, 2.05) is 11.1 Å². The number of carbonyl (C=O) groups is 6. The van der Waals surface area contributed by atoms with Gasteiger partial charge in [0.15, 0.2) is 5.82 Å². The van der Waals surface area contributed by atoms with E-state index in [0.717, 1.165) is 54.1 Å². The van der Waals surface area contributed by atoms with Crippen LogP contribution < -0.4 is 35.5 Å². The summed E-state index contributed by atoms with van der Waals surface area (Å²) in [6, 6.07) is 9.11. The van der Waals surface area contributed by atoms with Crippen molar-refractivity contribution in [3.05, 3.63) is 59.3 Å². The number of benzene rings is 2. The van der Waals surface area contributed by atoms with Crippen LogP contribution in [0.15, 0.2) is 42.6 Å². The lowest BCUT2D eigenvalue weighted by Crippen LogP contribution is -2.56. The maximum atomic E-state index is 15.1. The van der Waals surface area contributed by atoms with Crippen LogP contribution in [0.25, 0.3) is 0 Å². The van der Waals surface area contributed by atoms with Gasteiger partial charge in [-0.25, -0.2) is 9.99 Å². The zero-order valence-corrected chi connectivity index (χ0v) is 34.4. The topological polar surface area (TPSA) is 193 Å². The molecular weight excluding hydrogens is 809 g/mol. The van der Waals surface area contributed by atoms with E-state index in [9.17, 15) is 28.8 Å². The lowest BCUT2D eigenvalue weighted by molar-refractivity contribution is -0.140. The third-order valence-electron chi connectivity index (χ3n) is 12.9. The van der Waals surface area contributed by atoms with E-state index in [4.69, 9.17) is 4.74 Å². The fraction of sp³-hybridized carbons (Fsp3) is 0.476. The van der Waals surface area contributed by atoms with Gasteiger partial charge in [-0.1, -0.05) is 12.8 Å². The minimum Gasteiger partial charge on any atom is -0.495 e. The summed E-state index contributed by atoms with van der Waals surface area (Å²) < 4.78 is 35.7. The molecule has 3 N–H and O–H groups in total. The Balaban J connectivity index is 0.798. The Morgan fingerprint density at radius 3 is 2.40 bits per heavy atom. The molecule has 5 aliphatic heterocycles. The summed E-state index contributed by atoms with van der Waals surface area (Å²) in [4.78, 5) is 93.8. The van der Waals surface area contributed by atoms with E-state index in [1.165, 1.54) is 25.3 Å². The second kappa shape index (κ2) is 16.2. The number of imide groups is 2.